The van der Waals surface area contributed by atoms with Crippen molar-refractivity contribution in [3.63, 3.8) is 0 Å². The van der Waals surface area contributed by atoms with E-state index in [1.54, 1.807) is 0 Å². The molecule has 1 amide bonds. The molecule has 1 aliphatic heterocycles. The van der Waals surface area contributed by atoms with Crippen LogP contribution in [0.5, 0.6) is 0 Å². The molecule has 0 saturated carbocycles. The monoisotopic (exact) mass is 526 g/mol. The zero-order valence-corrected chi connectivity index (χ0v) is 19.3. The second-order valence-corrected chi connectivity index (χ2v) is 8.76. The summed E-state index contributed by atoms with van der Waals surface area (Å²) >= 11 is 0. The van der Waals surface area contributed by atoms with E-state index >= 15 is 0 Å². The van der Waals surface area contributed by atoms with Gasteiger partial charge in [-0.3, -0.25) is 4.79 Å². The van der Waals surface area contributed by atoms with Crippen LogP contribution in [0.25, 0.3) is 0 Å². The Morgan fingerprint density at radius 3 is 2.50 bits per heavy atom. The van der Waals surface area contributed by atoms with Gasteiger partial charge in [0.1, 0.15) is 5.82 Å². The van der Waals surface area contributed by atoms with E-state index in [9.17, 15) is 17.6 Å². The third kappa shape index (κ3) is 8.29. The number of sulfone groups is 1. The Bertz CT molecular complexity index is 796. The van der Waals surface area contributed by atoms with Gasteiger partial charge in [0.15, 0.2) is 15.8 Å². The van der Waals surface area contributed by atoms with Gasteiger partial charge in [-0.05, 0) is 43.0 Å². The number of nitrogens with zero attached hydrogens (tertiary/aromatic N) is 2. The van der Waals surface area contributed by atoms with Gasteiger partial charge >= 0.3 is 0 Å². The van der Waals surface area contributed by atoms with E-state index in [4.69, 9.17) is 0 Å². The SMILES string of the molecule is CCNC(=NCc1cc(F)ccc1CS(C)(=O)=O)NCC(=O)N1CCCC1.I. The molecule has 0 atom stereocenters. The molecule has 0 unspecified atom stereocenters. The second-order valence-electron chi connectivity index (χ2n) is 6.62. The van der Waals surface area contributed by atoms with E-state index in [2.05, 4.69) is 15.6 Å². The molecule has 7 nitrogen and oxygen atoms in total. The zero-order chi connectivity index (χ0) is 19.9. The van der Waals surface area contributed by atoms with Crippen molar-refractivity contribution in [3.05, 3.63) is 35.1 Å². The lowest BCUT2D eigenvalue weighted by molar-refractivity contribution is -0.128. The first-order valence-corrected chi connectivity index (χ1v) is 11.1. The van der Waals surface area contributed by atoms with Crippen molar-refractivity contribution in [3.8, 4) is 0 Å². The van der Waals surface area contributed by atoms with E-state index < -0.39 is 15.7 Å². The number of rotatable bonds is 7. The molecule has 1 heterocycles. The van der Waals surface area contributed by atoms with Crippen LogP contribution in [0.2, 0.25) is 0 Å². The standard InChI is InChI=1S/C18H27FN4O3S.HI/c1-3-20-18(22-12-17(24)23-8-4-5-9-23)21-11-15-10-16(19)7-6-14(15)13-27(2,25)26;/h6-7,10H,3-5,8-9,11-13H2,1-2H3,(H2,20,21,22);1H. The molecule has 0 aliphatic carbocycles. The van der Waals surface area contributed by atoms with Crippen molar-refractivity contribution in [1.82, 2.24) is 15.5 Å². The molecule has 2 rings (SSSR count). The molecule has 1 aromatic carbocycles. The van der Waals surface area contributed by atoms with Gasteiger partial charge in [-0.25, -0.2) is 17.8 Å². The first kappa shape index (κ1) is 24.6. The fraction of sp³-hybridized carbons (Fsp3) is 0.556. The number of halogens is 2. The summed E-state index contributed by atoms with van der Waals surface area (Å²) < 4.78 is 36.8. The Morgan fingerprint density at radius 2 is 1.89 bits per heavy atom. The number of guanidine groups is 1. The molecule has 0 aromatic heterocycles. The minimum atomic E-state index is -3.24. The molecule has 1 saturated heterocycles. The van der Waals surface area contributed by atoms with Crippen molar-refractivity contribution in [2.75, 3.05) is 32.4 Å². The molecule has 0 spiro atoms. The van der Waals surface area contributed by atoms with Crippen molar-refractivity contribution in [2.45, 2.75) is 32.1 Å². The highest BCUT2D eigenvalue weighted by Crippen LogP contribution is 2.15. The number of carbonyl (C=O) groups excluding carboxylic acids is 1. The number of hydrogen-bond acceptors (Lipinski definition) is 4. The molecule has 0 radical (unpaired) electrons. The van der Waals surface area contributed by atoms with Gasteiger partial charge in [0.2, 0.25) is 5.91 Å². The highest BCUT2D eigenvalue weighted by atomic mass is 127. The molecular weight excluding hydrogens is 498 g/mol. The summed E-state index contributed by atoms with van der Waals surface area (Å²) in [5.41, 5.74) is 1.02. The van der Waals surface area contributed by atoms with Crippen LogP contribution < -0.4 is 10.6 Å². The predicted octanol–water partition coefficient (Wildman–Crippen LogP) is 1.67. The van der Waals surface area contributed by atoms with Crippen molar-refractivity contribution in [2.24, 2.45) is 4.99 Å². The predicted molar refractivity (Wildman–Crippen MR) is 119 cm³/mol. The Morgan fingerprint density at radius 1 is 1.21 bits per heavy atom. The van der Waals surface area contributed by atoms with Gasteiger partial charge in [-0.2, -0.15) is 0 Å². The summed E-state index contributed by atoms with van der Waals surface area (Å²) in [5, 5.41) is 6.02. The van der Waals surface area contributed by atoms with Gasteiger partial charge in [0.05, 0.1) is 18.8 Å². The van der Waals surface area contributed by atoms with Crippen LogP contribution in [-0.2, 0) is 26.9 Å². The van der Waals surface area contributed by atoms with Gasteiger partial charge < -0.3 is 15.5 Å². The summed E-state index contributed by atoms with van der Waals surface area (Å²) in [6, 6.07) is 4.01. The molecule has 1 fully saturated rings. The zero-order valence-electron chi connectivity index (χ0n) is 16.2. The van der Waals surface area contributed by atoms with Crippen LogP contribution in [0.1, 0.15) is 30.9 Å². The van der Waals surface area contributed by atoms with E-state index in [0.29, 0.717) is 23.6 Å². The first-order chi connectivity index (χ1) is 12.8. The Hall–Kier alpha value is -1.43. The summed E-state index contributed by atoms with van der Waals surface area (Å²) in [6.07, 6.45) is 3.20. The number of likely N-dealkylation sites (tertiary alicyclic amines) is 1. The third-order valence-electron chi connectivity index (χ3n) is 4.20. The molecule has 0 bridgehead atoms. The summed E-state index contributed by atoms with van der Waals surface area (Å²) in [5.74, 6) is -0.170. The van der Waals surface area contributed by atoms with Gasteiger partial charge in [0, 0.05) is 25.9 Å². The van der Waals surface area contributed by atoms with Crippen molar-refractivity contribution < 1.29 is 17.6 Å². The number of nitrogens with one attached hydrogen (secondary N) is 2. The number of hydrogen-bond donors (Lipinski definition) is 2. The van der Waals surface area contributed by atoms with Crippen LogP contribution in [0.15, 0.2) is 23.2 Å². The largest absolute Gasteiger partial charge is 0.357 e. The van der Waals surface area contributed by atoms with Gasteiger partial charge in [-0.1, -0.05) is 6.07 Å². The minimum absolute atomic E-state index is 0. The lowest BCUT2D eigenvalue weighted by Gasteiger charge is -2.17. The summed E-state index contributed by atoms with van der Waals surface area (Å²) in [6.45, 7) is 4.31. The molecule has 2 N–H and O–H groups in total. The molecule has 10 heteroatoms. The summed E-state index contributed by atoms with van der Waals surface area (Å²) in [7, 11) is -3.24. The lowest BCUT2D eigenvalue weighted by Crippen LogP contribution is -2.44. The fourth-order valence-corrected chi connectivity index (χ4v) is 3.76. The fourth-order valence-electron chi connectivity index (χ4n) is 2.91. The lowest BCUT2D eigenvalue weighted by atomic mass is 10.1. The maximum atomic E-state index is 13.6. The molecule has 1 aromatic rings. The smallest absolute Gasteiger partial charge is 0.241 e. The Kier molecular flexibility index (Phi) is 10.1. The average molecular weight is 526 g/mol. The van der Waals surface area contributed by atoms with Crippen LogP contribution in [0.4, 0.5) is 4.39 Å². The highest BCUT2D eigenvalue weighted by Gasteiger charge is 2.17. The average Bonchev–Trinajstić information content (AvgIpc) is 3.12. The molecule has 28 heavy (non-hydrogen) atoms. The Balaban J connectivity index is 0.00000392. The number of carbonyl (C=O) groups is 1. The van der Waals surface area contributed by atoms with Gasteiger partial charge in [0.25, 0.3) is 0 Å². The highest BCUT2D eigenvalue weighted by molar-refractivity contribution is 14.0. The van der Waals surface area contributed by atoms with E-state index in [-0.39, 0.29) is 48.7 Å². The van der Waals surface area contributed by atoms with Crippen molar-refractivity contribution >= 4 is 45.7 Å². The topological polar surface area (TPSA) is 90.9 Å². The minimum Gasteiger partial charge on any atom is -0.357 e. The quantitative estimate of drug-likeness (QED) is 0.321. The molecular formula is C18H28FIN4O3S. The summed E-state index contributed by atoms with van der Waals surface area (Å²) in [4.78, 5) is 18.3. The molecule has 1 aliphatic rings. The number of aliphatic imine (C=N–C) groups is 1. The number of amides is 1. The van der Waals surface area contributed by atoms with Crippen molar-refractivity contribution in [1.29, 1.82) is 0 Å². The normalized spacial score (nSPS) is 14.5. The van der Waals surface area contributed by atoms with Crippen LogP contribution in [0, 0.1) is 5.82 Å². The first-order valence-electron chi connectivity index (χ1n) is 9.03. The maximum Gasteiger partial charge on any atom is 0.241 e. The van der Waals surface area contributed by atoms with E-state index in [1.165, 1.54) is 18.2 Å². The molecule has 158 valence electrons. The Labute approximate surface area is 183 Å². The van der Waals surface area contributed by atoms with Crippen LogP contribution in [0.3, 0.4) is 0 Å². The van der Waals surface area contributed by atoms with E-state index in [0.717, 1.165) is 32.2 Å². The third-order valence-corrected chi connectivity index (χ3v) is 5.04. The van der Waals surface area contributed by atoms with Crippen LogP contribution >= 0.6 is 24.0 Å². The second kappa shape index (κ2) is 11.5. The van der Waals surface area contributed by atoms with E-state index in [1.807, 2.05) is 11.8 Å². The maximum absolute atomic E-state index is 13.6. The van der Waals surface area contributed by atoms with Crippen LogP contribution in [-0.4, -0.2) is 57.6 Å². The number of benzene rings is 1. The van der Waals surface area contributed by atoms with Gasteiger partial charge in [-0.15, -0.1) is 24.0 Å².